The molecular weight excluding hydrogens is 246 g/mol. The van der Waals surface area contributed by atoms with Gasteiger partial charge in [-0.15, -0.1) is 0 Å². The normalized spacial score (nSPS) is 10.1. The van der Waals surface area contributed by atoms with Crippen molar-refractivity contribution >= 4 is 23.4 Å². The summed E-state index contributed by atoms with van der Waals surface area (Å²) in [6.07, 6.45) is 5.82. The molecule has 0 saturated carbocycles. The van der Waals surface area contributed by atoms with Gasteiger partial charge < -0.3 is 10.6 Å². The van der Waals surface area contributed by atoms with Crippen LogP contribution in [0.25, 0.3) is 0 Å². The molecule has 0 atom stereocenters. The molecule has 0 radical (unpaired) electrons. The molecule has 4 nitrogen and oxygen atoms in total. The van der Waals surface area contributed by atoms with Crippen molar-refractivity contribution in [3.63, 3.8) is 0 Å². The maximum absolute atomic E-state index is 11.7. The summed E-state index contributed by atoms with van der Waals surface area (Å²) in [6.45, 7) is 3.73. The first-order chi connectivity index (χ1) is 8.77. The number of pyridine rings is 1. The third kappa shape index (κ3) is 5.40. The van der Waals surface area contributed by atoms with Crippen LogP contribution in [0.4, 0.5) is 5.69 Å². The zero-order valence-corrected chi connectivity index (χ0v) is 11.8. The van der Waals surface area contributed by atoms with Gasteiger partial charge >= 0.3 is 0 Å². The summed E-state index contributed by atoms with van der Waals surface area (Å²) in [6, 6.07) is 3.64. The number of hydrogen-bond acceptors (Lipinski definition) is 4. The SMILES string of the molecule is CCCNc1ccc(C(=O)NCCCSC)nc1. The fraction of sp³-hybridized carbons (Fsp3) is 0.538. The zero-order valence-electron chi connectivity index (χ0n) is 11.0. The maximum atomic E-state index is 11.7. The van der Waals surface area contributed by atoms with Crippen LogP contribution < -0.4 is 10.6 Å². The first kappa shape index (κ1) is 14.8. The van der Waals surface area contributed by atoms with Gasteiger partial charge in [0, 0.05) is 13.1 Å². The number of anilines is 1. The van der Waals surface area contributed by atoms with Crippen molar-refractivity contribution in [3.05, 3.63) is 24.0 Å². The smallest absolute Gasteiger partial charge is 0.269 e. The van der Waals surface area contributed by atoms with Gasteiger partial charge in [0.2, 0.25) is 0 Å². The molecule has 1 heterocycles. The number of nitrogens with zero attached hydrogens (tertiary/aromatic N) is 1. The number of nitrogens with one attached hydrogen (secondary N) is 2. The van der Waals surface area contributed by atoms with Crippen LogP contribution in [-0.2, 0) is 0 Å². The molecule has 1 aromatic rings. The number of carbonyl (C=O) groups is 1. The molecule has 0 fully saturated rings. The Morgan fingerprint density at radius 2 is 2.22 bits per heavy atom. The molecule has 18 heavy (non-hydrogen) atoms. The lowest BCUT2D eigenvalue weighted by molar-refractivity contribution is 0.0949. The maximum Gasteiger partial charge on any atom is 0.269 e. The molecular formula is C13H21N3OS. The number of carbonyl (C=O) groups excluding carboxylic acids is 1. The molecule has 1 aromatic heterocycles. The van der Waals surface area contributed by atoms with E-state index in [4.69, 9.17) is 0 Å². The monoisotopic (exact) mass is 267 g/mol. The van der Waals surface area contributed by atoms with Gasteiger partial charge in [0.15, 0.2) is 0 Å². The molecule has 0 aliphatic carbocycles. The van der Waals surface area contributed by atoms with E-state index in [1.165, 1.54) is 0 Å². The highest BCUT2D eigenvalue weighted by Crippen LogP contribution is 2.06. The third-order valence-corrected chi connectivity index (χ3v) is 3.08. The number of rotatable bonds is 8. The lowest BCUT2D eigenvalue weighted by atomic mass is 10.3. The van der Waals surface area contributed by atoms with Crippen LogP contribution in [-0.4, -0.2) is 36.0 Å². The van der Waals surface area contributed by atoms with E-state index in [0.717, 1.165) is 30.8 Å². The van der Waals surface area contributed by atoms with E-state index in [1.54, 1.807) is 24.0 Å². The Morgan fingerprint density at radius 3 is 2.83 bits per heavy atom. The molecule has 100 valence electrons. The largest absolute Gasteiger partial charge is 0.384 e. The van der Waals surface area contributed by atoms with E-state index in [-0.39, 0.29) is 5.91 Å². The quantitative estimate of drug-likeness (QED) is 0.710. The van der Waals surface area contributed by atoms with Crippen molar-refractivity contribution in [3.8, 4) is 0 Å². The van der Waals surface area contributed by atoms with Gasteiger partial charge in [-0.3, -0.25) is 4.79 Å². The molecule has 0 bridgehead atoms. The van der Waals surface area contributed by atoms with E-state index in [0.29, 0.717) is 12.2 Å². The van der Waals surface area contributed by atoms with Crippen LogP contribution >= 0.6 is 11.8 Å². The lowest BCUT2D eigenvalue weighted by Crippen LogP contribution is -2.25. The van der Waals surface area contributed by atoms with Gasteiger partial charge in [0.05, 0.1) is 11.9 Å². The van der Waals surface area contributed by atoms with Crippen molar-refractivity contribution in [1.82, 2.24) is 10.3 Å². The Morgan fingerprint density at radius 1 is 1.39 bits per heavy atom. The van der Waals surface area contributed by atoms with Crippen molar-refractivity contribution in [2.24, 2.45) is 0 Å². The van der Waals surface area contributed by atoms with Crippen LogP contribution in [0, 0.1) is 0 Å². The van der Waals surface area contributed by atoms with Crippen molar-refractivity contribution in [2.75, 3.05) is 30.4 Å². The summed E-state index contributed by atoms with van der Waals surface area (Å²) in [5, 5.41) is 6.08. The Hall–Kier alpha value is -1.23. The Labute approximate surface area is 113 Å². The predicted octanol–water partition coefficient (Wildman–Crippen LogP) is 2.39. The Balaban J connectivity index is 2.38. The molecule has 0 aliphatic rings. The minimum absolute atomic E-state index is 0.0989. The summed E-state index contributed by atoms with van der Waals surface area (Å²) in [5.74, 6) is 0.964. The number of hydrogen-bond donors (Lipinski definition) is 2. The predicted molar refractivity (Wildman–Crippen MR) is 78.3 cm³/mol. The van der Waals surface area contributed by atoms with E-state index in [1.807, 2.05) is 6.07 Å². The standard InChI is InChI=1S/C13H21N3OS/c1-3-7-14-11-5-6-12(16-10-11)13(17)15-8-4-9-18-2/h5-6,10,14H,3-4,7-9H2,1-2H3,(H,15,17). The van der Waals surface area contributed by atoms with Gasteiger partial charge in [-0.2, -0.15) is 11.8 Å². The second kappa shape index (κ2) is 8.80. The summed E-state index contributed by atoms with van der Waals surface area (Å²) < 4.78 is 0. The van der Waals surface area contributed by atoms with Crippen LogP contribution in [0.15, 0.2) is 18.3 Å². The topological polar surface area (TPSA) is 54.0 Å². The first-order valence-corrected chi connectivity index (χ1v) is 7.64. The fourth-order valence-corrected chi connectivity index (χ4v) is 1.84. The van der Waals surface area contributed by atoms with E-state index >= 15 is 0 Å². The van der Waals surface area contributed by atoms with Gasteiger partial charge in [0.25, 0.3) is 5.91 Å². The molecule has 5 heteroatoms. The van der Waals surface area contributed by atoms with E-state index < -0.39 is 0 Å². The summed E-state index contributed by atoms with van der Waals surface area (Å²) in [5.41, 5.74) is 1.43. The van der Waals surface area contributed by atoms with Gasteiger partial charge in [-0.25, -0.2) is 4.98 Å². The van der Waals surface area contributed by atoms with Crippen molar-refractivity contribution in [1.29, 1.82) is 0 Å². The molecule has 0 aromatic carbocycles. The van der Waals surface area contributed by atoms with E-state index in [2.05, 4.69) is 28.8 Å². The molecule has 0 aliphatic heterocycles. The molecule has 0 unspecified atom stereocenters. The van der Waals surface area contributed by atoms with Crippen LogP contribution in [0.1, 0.15) is 30.3 Å². The Kier molecular flexibility index (Phi) is 7.25. The number of aromatic nitrogens is 1. The summed E-state index contributed by atoms with van der Waals surface area (Å²) in [7, 11) is 0. The molecule has 1 amide bonds. The van der Waals surface area contributed by atoms with Crippen LogP contribution in [0.2, 0.25) is 0 Å². The summed E-state index contributed by atoms with van der Waals surface area (Å²) in [4.78, 5) is 15.9. The highest BCUT2D eigenvalue weighted by molar-refractivity contribution is 7.98. The average molecular weight is 267 g/mol. The minimum atomic E-state index is -0.0989. The van der Waals surface area contributed by atoms with Crippen LogP contribution in [0.5, 0.6) is 0 Å². The number of thioether (sulfide) groups is 1. The summed E-state index contributed by atoms with van der Waals surface area (Å²) >= 11 is 1.78. The van der Waals surface area contributed by atoms with Gasteiger partial charge in [0.1, 0.15) is 5.69 Å². The fourth-order valence-electron chi connectivity index (χ4n) is 1.41. The Bertz CT molecular complexity index is 354. The van der Waals surface area contributed by atoms with Crippen LogP contribution in [0.3, 0.4) is 0 Å². The highest BCUT2D eigenvalue weighted by Gasteiger charge is 2.05. The average Bonchev–Trinajstić information content (AvgIpc) is 2.41. The molecule has 2 N–H and O–H groups in total. The first-order valence-electron chi connectivity index (χ1n) is 6.25. The third-order valence-electron chi connectivity index (χ3n) is 2.39. The lowest BCUT2D eigenvalue weighted by Gasteiger charge is -2.06. The van der Waals surface area contributed by atoms with E-state index in [9.17, 15) is 4.79 Å². The highest BCUT2D eigenvalue weighted by atomic mass is 32.2. The molecule has 0 saturated heterocycles. The minimum Gasteiger partial charge on any atom is -0.384 e. The second-order valence-electron chi connectivity index (χ2n) is 3.96. The zero-order chi connectivity index (χ0) is 13.2. The molecule has 0 spiro atoms. The van der Waals surface area contributed by atoms with Gasteiger partial charge in [-0.05, 0) is 37.0 Å². The molecule has 1 rings (SSSR count). The van der Waals surface area contributed by atoms with Crippen molar-refractivity contribution < 1.29 is 4.79 Å². The van der Waals surface area contributed by atoms with Crippen molar-refractivity contribution in [2.45, 2.75) is 19.8 Å². The van der Waals surface area contributed by atoms with Gasteiger partial charge in [-0.1, -0.05) is 6.92 Å². The number of amides is 1. The second-order valence-corrected chi connectivity index (χ2v) is 4.95.